The van der Waals surface area contributed by atoms with E-state index >= 15 is 0 Å². The minimum Gasteiger partial charge on any atom is -0.338 e. The quantitative estimate of drug-likeness (QED) is 0.815. The molecule has 2 amide bonds. The van der Waals surface area contributed by atoms with Gasteiger partial charge in [0.1, 0.15) is 0 Å². The molecule has 132 valence electrons. The van der Waals surface area contributed by atoms with Crippen LogP contribution in [-0.4, -0.2) is 42.1 Å². The molecule has 2 N–H and O–H groups in total. The lowest BCUT2D eigenvalue weighted by molar-refractivity contribution is 0.238. The van der Waals surface area contributed by atoms with Crippen LogP contribution < -0.4 is 10.6 Å². The molecule has 2 aromatic rings. The molecule has 0 unspecified atom stereocenters. The number of nitrogens with one attached hydrogen (secondary N) is 2. The van der Waals surface area contributed by atoms with Crippen LogP contribution >= 0.6 is 0 Å². The minimum absolute atomic E-state index is 0.105. The second kappa shape index (κ2) is 9.18. The lowest BCUT2D eigenvalue weighted by atomic mass is 10.1. The van der Waals surface area contributed by atoms with E-state index in [0.717, 1.165) is 44.6 Å². The Morgan fingerprint density at radius 3 is 2.76 bits per heavy atom. The summed E-state index contributed by atoms with van der Waals surface area (Å²) in [5.74, 6) is 0.542. The fourth-order valence-electron chi connectivity index (χ4n) is 3.20. The zero-order valence-corrected chi connectivity index (χ0v) is 14.5. The van der Waals surface area contributed by atoms with E-state index in [1.165, 1.54) is 5.56 Å². The molecule has 5 nitrogen and oxygen atoms in total. The Morgan fingerprint density at radius 1 is 1.12 bits per heavy atom. The maximum Gasteiger partial charge on any atom is 0.315 e. The van der Waals surface area contributed by atoms with Crippen molar-refractivity contribution < 1.29 is 4.79 Å². The van der Waals surface area contributed by atoms with Crippen LogP contribution in [-0.2, 0) is 13.0 Å². The largest absolute Gasteiger partial charge is 0.338 e. The van der Waals surface area contributed by atoms with Crippen LogP contribution in [0, 0.1) is 5.92 Å². The lowest BCUT2D eigenvalue weighted by Gasteiger charge is -2.16. The Bertz CT molecular complexity index is 647. The SMILES string of the molecule is O=C(NCc1cccnc1)NC[C@H]1CCN(CCc2ccccc2)C1. The fraction of sp³-hybridized carbons (Fsp3) is 0.400. The summed E-state index contributed by atoms with van der Waals surface area (Å²) in [6.07, 6.45) is 5.74. The molecule has 0 aliphatic carbocycles. The van der Waals surface area contributed by atoms with Crippen molar-refractivity contribution in [2.24, 2.45) is 5.92 Å². The topological polar surface area (TPSA) is 57.3 Å². The van der Waals surface area contributed by atoms with Gasteiger partial charge >= 0.3 is 6.03 Å². The van der Waals surface area contributed by atoms with Crippen molar-refractivity contribution in [2.75, 3.05) is 26.2 Å². The Labute approximate surface area is 149 Å². The van der Waals surface area contributed by atoms with Crippen molar-refractivity contribution in [3.05, 3.63) is 66.0 Å². The molecule has 1 fully saturated rings. The van der Waals surface area contributed by atoms with E-state index in [-0.39, 0.29) is 6.03 Å². The summed E-state index contributed by atoms with van der Waals surface area (Å²) in [4.78, 5) is 18.4. The molecule has 1 aromatic carbocycles. The summed E-state index contributed by atoms with van der Waals surface area (Å²) in [6.45, 7) is 4.52. The predicted molar refractivity (Wildman–Crippen MR) is 99.2 cm³/mol. The number of aromatic nitrogens is 1. The summed E-state index contributed by atoms with van der Waals surface area (Å²) in [6, 6.07) is 14.3. The highest BCUT2D eigenvalue weighted by Crippen LogP contribution is 2.15. The molecular weight excluding hydrogens is 312 g/mol. The number of carbonyl (C=O) groups excluding carboxylic acids is 1. The molecule has 2 heterocycles. The van der Waals surface area contributed by atoms with E-state index in [0.29, 0.717) is 12.5 Å². The lowest BCUT2D eigenvalue weighted by Crippen LogP contribution is -2.38. The van der Waals surface area contributed by atoms with Crippen molar-refractivity contribution in [2.45, 2.75) is 19.4 Å². The Kier molecular flexibility index (Phi) is 6.40. The van der Waals surface area contributed by atoms with Gasteiger partial charge < -0.3 is 15.5 Å². The van der Waals surface area contributed by atoms with Gasteiger partial charge in [-0.1, -0.05) is 36.4 Å². The smallest absolute Gasteiger partial charge is 0.315 e. The van der Waals surface area contributed by atoms with Crippen LogP contribution in [0.1, 0.15) is 17.5 Å². The first-order valence-corrected chi connectivity index (χ1v) is 8.96. The monoisotopic (exact) mass is 338 g/mol. The molecule has 1 saturated heterocycles. The average molecular weight is 338 g/mol. The molecule has 0 spiro atoms. The summed E-state index contributed by atoms with van der Waals surface area (Å²) >= 11 is 0. The Hall–Kier alpha value is -2.40. The van der Waals surface area contributed by atoms with E-state index < -0.39 is 0 Å². The number of hydrogen-bond acceptors (Lipinski definition) is 3. The standard InChI is InChI=1S/C20H26N4O/c25-20(22-14-18-7-4-10-21-13-18)23-15-19-9-12-24(16-19)11-8-17-5-2-1-3-6-17/h1-7,10,13,19H,8-9,11-12,14-16H2,(H2,22,23,25)/t19-/m1/s1. The number of benzene rings is 1. The highest BCUT2D eigenvalue weighted by atomic mass is 16.2. The van der Waals surface area contributed by atoms with Gasteiger partial charge in [-0.15, -0.1) is 0 Å². The first kappa shape index (κ1) is 17.4. The van der Waals surface area contributed by atoms with Crippen LogP contribution in [0.15, 0.2) is 54.9 Å². The van der Waals surface area contributed by atoms with Gasteiger partial charge in [-0.3, -0.25) is 4.98 Å². The number of likely N-dealkylation sites (tertiary alicyclic amines) is 1. The zero-order valence-electron chi connectivity index (χ0n) is 14.5. The van der Waals surface area contributed by atoms with Gasteiger partial charge in [0.05, 0.1) is 0 Å². The summed E-state index contributed by atoms with van der Waals surface area (Å²) in [5.41, 5.74) is 2.39. The van der Waals surface area contributed by atoms with Crippen LogP contribution in [0.2, 0.25) is 0 Å². The van der Waals surface area contributed by atoms with Crippen molar-refractivity contribution in [1.82, 2.24) is 20.5 Å². The first-order valence-electron chi connectivity index (χ1n) is 8.96. The van der Waals surface area contributed by atoms with Crippen LogP contribution in [0.3, 0.4) is 0 Å². The first-order chi connectivity index (χ1) is 12.3. The van der Waals surface area contributed by atoms with Gasteiger partial charge in [-0.25, -0.2) is 4.79 Å². The minimum atomic E-state index is -0.105. The van der Waals surface area contributed by atoms with Crippen LogP contribution in [0.4, 0.5) is 4.79 Å². The molecule has 1 aliphatic rings. The second-order valence-corrected chi connectivity index (χ2v) is 6.62. The predicted octanol–water partition coefficient (Wildman–Crippen LogP) is 2.45. The molecule has 5 heteroatoms. The molecule has 0 radical (unpaired) electrons. The number of urea groups is 1. The van der Waals surface area contributed by atoms with Gasteiger partial charge in [0.2, 0.25) is 0 Å². The number of pyridine rings is 1. The van der Waals surface area contributed by atoms with E-state index in [1.807, 2.05) is 12.1 Å². The summed E-state index contributed by atoms with van der Waals surface area (Å²) in [5, 5.41) is 5.87. The van der Waals surface area contributed by atoms with Crippen molar-refractivity contribution >= 4 is 6.03 Å². The third-order valence-electron chi connectivity index (χ3n) is 4.66. The highest BCUT2D eigenvalue weighted by Gasteiger charge is 2.22. The second-order valence-electron chi connectivity index (χ2n) is 6.62. The van der Waals surface area contributed by atoms with E-state index in [9.17, 15) is 4.79 Å². The van der Waals surface area contributed by atoms with Gasteiger partial charge in [0.15, 0.2) is 0 Å². The van der Waals surface area contributed by atoms with Crippen LogP contribution in [0.25, 0.3) is 0 Å². The number of nitrogens with zero attached hydrogens (tertiary/aromatic N) is 2. The van der Waals surface area contributed by atoms with Gasteiger partial charge in [-0.2, -0.15) is 0 Å². The molecule has 3 rings (SSSR count). The zero-order chi connectivity index (χ0) is 17.3. The van der Waals surface area contributed by atoms with E-state index in [2.05, 4.69) is 50.8 Å². The molecule has 1 aromatic heterocycles. The van der Waals surface area contributed by atoms with Crippen molar-refractivity contribution in [1.29, 1.82) is 0 Å². The van der Waals surface area contributed by atoms with Crippen molar-refractivity contribution in [3.63, 3.8) is 0 Å². The number of carbonyl (C=O) groups is 1. The van der Waals surface area contributed by atoms with E-state index in [1.54, 1.807) is 12.4 Å². The molecule has 25 heavy (non-hydrogen) atoms. The van der Waals surface area contributed by atoms with Gasteiger partial charge in [0.25, 0.3) is 0 Å². The highest BCUT2D eigenvalue weighted by molar-refractivity contribution is 5.73. The maximum atomic E-state index is 11.9. The molecule has 0 saturated carbocycles. The Balaban J connectivity index is 1.31. The maximum absolute atomic E-state index is 11.9. The summed E-state index contributed by atoms with van der Waals surface area (Å²) < 4.78 is 0. The third-order valence-corrected chi connectivity index (χ3v) is 4.66. The normalized spacial score (nSPS) is 17.4. The molecule has 1 atom stereocenters. The third kappa shape index (κ3) is 5.87. The summed E-state index contributed by atoms with van der Waals surface area (Å²) in [7, 11) is 0. The van der Waals surface area contributed by atoms with Crippen LogP contribution in [0.5, 0.6) is 0 Å². The average Bonchev–Trinajstić information content (AvgIpc) is 3.13. The molecular formula is C20H26N4O. The van der Waals surface area contributed by atoms with E-state index in [4.69, 9.17) is 0 Å². The van der Waals surface area contributed by atoms with Gasteiger partial charge in [0, 0.05) is 38.6 Å². The Morgan fingerprint density at radius 2 is 1.96 bits per heavy atom. The molecule has 1 aliphatic heterocycles. The van der Waals surface area contributed by atoms with Gasteiger partial charge in [-0.05, 0) is 42.5 Å². The number of amides is 2. The number of hydrogen-bond donors (Lipinski definition) is 2. The number of rotatable bonds is 7. The molecule has 0 bridgehead atoms. The fourth-order valence-corrected chi connectivity index (χ4v) is 3.20. The van der Waals surface area contributed by atoms with Crippen molar-refractivity contribution in [3.8, 4) is 0 Å².